The van der Waals surface area contributed by atoms with Gasteiger partial charge in [-0.05, 0) is 12.1 Å². The van der Waals surface area contributed by atoms with Gasteiger partial charge in [0.25, 0.3) is 0 Å². The molecule has 0 aromatic heterocycles. The Hall–Kier alpha value is -2.95. The molecule has 3 rings (SSSR count). The first-order chi connectivity index (χ1) is 9.84. The number of nitrogens with two attached hydrogens (primary N) is 1. The lowest BCUT2D eigenvalue weighted by atomic mass is 10.1. The van der Waals surface area contributed by atoms with Crippen LogP contribution in [0.15, 0.2) is 76.0 Å². The second-order valence-electron chi connectivity index (χ2n) is 4.24. The zero-order valence-corrected chi connectivity index (χ0v) is 10.7. The first kappa shape index (κ1) is 12.1. The molecule has 1 aliphatic rings. The van der Waals surface area contributed by atoms with Crippen LogP contribution in [-0.2, 0) is 0 Å². The number of rotatable bonds is 3. The SMILES string of the molecule is NC1=NN=C(c2ccccc2)/C1=N\Nc1ccccc1. The van der Waals surface area contributed by atoms with Crippen LogP contribution in [0.3, 0.4) is 0 Å². The average Bonchev–Trinajstić information content (AvgIpc) is 2.88. The van der Waals surface area contributed by atoms with Crippen molar-refractivity contribution in [3.05, 3.63) is 66.2 Å². The summed E-state index contributed by atoms with van der Waals surface area (Å²) in [6, 6.07) is 19.4. The lowest BCUT2D eigenvalue weighted by Crippen LogP contribution is -2.28. The summed E-state index contributed by atoms with van der Waals surface area (Å²) in [7, 11) is 0. The third-order valence-electron chi connectivity index (χ3n) is 2.84. The molecular formula is C15H13N5. The lowest BCUT2D eigenvalue weighted by molar-refractivity contribution is 1.26. The van der Waals surface area contributed by atoms with Crippen LogP contribution in [0.4, 0.5) is 5.69 Å². The van der Waals surface area contributed by atoms with Gasteiger partial charge in [0.2, 0.25) is 0 Å². The molecule has 0 unspecified atom stereocenters. The minimum Gasteiger partial charge on any atom is -0.380 e. The van der Waals surface area contributed by atoms with E-state index in [4.69, 9.17) is 5.73 Å². The Morgan fingerprint density at radius 1 is 0.850 bits per heavy atom. The molecule has 5 heteroatoms. The van der Waals surface area contributed by atoms with Crippen LogP contribution in [0, 0.1) is 0 Å². The number of hydrazone groups is 1. The third kappa shape index (κ3) is 2.42. The van der Waals surface area contributed by atoms with E-state index in [1.54, 1.807) is 0 Å². The second kappa shape index (κ2) is 5.36. The van der Waals surface area contributed by atoms with E-state index in [2.05, 4.69) is 20.7 Å². The highest BCUT2D eigenvalue weighted by atomic mass is 15.3. The van der Waals surface area contributed by atoms with Crippen molar-refractivity contribution in [1.29, 1.82) is 0 Å². The smallest absolute Gasteiger partial charge is 0.176 e. The second-order valence-corrected chi connectivity index (χ2v) is 4.24. The Labute approximate surface area is 116 Å². The maximum atomic E-state index is 5.84. The minimum absolute atomic E-state index is 0.312. The molecule has 2 aromatic carbocycles. The van der Waals surface area contributed by atoms with Gasteiger partial charge in [0.15, 0.2) is 11.5 Å². The number of nitrogens with one attached hydrogen (secondary N) is 1. The molecule has 0 fully saturated rings. The molecule has 0 atom stereocenters. The maximum Gasteiger partial charge on any atom is 0.176 e. The van der Waals surface area contributed by atoms with E-state index in [0.717, 1.165) is 11.3 Å². The van der Waals surface area contributed by atoms with Gasteiger partial charge in [-0.3, -0.25) is 5.43 Å². The topological polar surface area (TPSA) is 75.1 Å². The van der Waals surface area contributed by atoms with Crippen molar-refractivity contribution in [2.75, 3.05) is 5.43 Å². The molecule has 2 aromatic rings. The molecule has 0 saturated carbocycles. The van der Waals surface area contributed by atoms with E-state index >= 15 is 0 Å². The highest BCUT2D eigenvalue weighted by molar-refractivity contribution is 6.72. The van der Waals surface area contributed by atoms with Crippen molar-refractivity contribution in [2.24, 2.45) is 21.0 Å². The van der Waals surface area contributed by atoms with Crippen LogP contribution in [0.5, 0.6) is 0 Å². The van der Waals surface area contributed by atoms with Gasteiger partial charge in [-0.25, -0.2) is 0 Å². The molecule has 20 heavy (non-hydrogen) atoms. The third-order valence-corrected chi connectivity index (χ3v) is 2.84. The maximum absolute atomic E-state index is 5.84. The Kier molecular flexibility index (Phi) is 3.24. The van der Waals surface area contributed by atoms with Crippen LogP contribution >= 0.6 is 0 Å². The monoisotopic (exact) mass is 263 g/mol. The van der Waals surface area contributed by atoms with E-state index in [1.807, 2.05) is 60.7 Å². The van der Waals surface area contributed by atoms with Gasteiger partial charge < -0.3 is 5.73 Å². The molecule has 1 heterocycles. The highest BCUT2D eigenvalue weighted by Crippen LogP contribution is 2.10. The van der Waals surface area contributed by atoms with Gasteiger partial charge in [0.05, 0.1) is 5.69 Å². The molecule has 0 amide bonds. The molecule has 3 N–H and O–H groups in total. The average molecular weight is 263 g/mol. The summed E-state index contributed by atoms with van der Waals surface area (Å²) in [5.41, 5.74) is 11.8. The molecule has 0 saturated heterocycles. The molecule has 0 spiro atoms. The molecule has 98 valence electrons. The summed E-state index contributed by atoms with van der Waals surface area (Å²) in [6.07, 6.45) is 0. The predicted octanol–water partition coefficient (Wildman–Crippen LogP) is 2.23. The fourth-order valence-corrected chi connectivity index (χ4v) is 1.85. The largest absolute Gasteiger partial charge is 0.380 e. The first-order valence-corrected chi connectivity index (χ1v) is 6.20. The molecule has 1 aliphatic heterocycles. The zero-order valence-electron chi connectivity index (χ0n) is 10.7. The number of para-hydroxylation sites is 1. The Bertz CT molecular complexity index is 687. The number of hydrogen-bond acceptors (Lipinski definition) is 5. The fraction of sp³-hybridized carbons (Fsp3) is 0. The van der Waals surface area contributed by atoms with Gasteiger partial charge in [-0.1, -0.05) is 48.5 Å². The number of hydrogen-bond donors (Lipinski definition) is 2. The number of benzene rings is 2. The van der Waals surface area contributed by atoms with Crippen molar-refractivity contribution in [3.63, 3.8) is 0 Å². The molecule has 0 bridgehead atoms. The zero-order chi connectivity index (χ0) is 13.8. The first-order valence-electron chi connectivity index (χ1n) is 6.20. The molecule has 5 nitrogen and oxygen atoms in total. The van der Waals surface area contributed by atoms with Crippen molar-refractivity contribution in [2.45, 2.75) is 0 Å². The van der Waals surface area contributed by atoms with Crippen molar-refractivity contribution < 1.29 is 0 Å². The van der Waals surface area contributed by atoms with Gasteiger partial charge in [-0.15, -0.1) is 10.2 Å². The van der Waals surface area contributed by atoms with Crippen LogP contribution in [0.25, 0.3) is 0 Å². The van der Waals surface area contributed by atoms with E-state index < -0.39 is 0 Å². The minimum atomic E-state index is 0.312. The molecule has 0 aliphatic carbocycles. The van der Waals surface area contributed by atoms with Crippen molar-refractivity contribution in [3.8, 4) is 0 Å². The fourth-order valence-electron chi connectivity index (χ4n) is 1.85. The Balaban J connectivity index is 1.87. The van der Waals surface area contributed by atoms with E-state index in [1.165, 1.54) is 0 Å². The van der Waals surface area contributed by atoms with Gasteiger partial charge in [0, 0.05) is 5.56 Å². The van der Waals surface area contributed by atoms with Crippen LogP contribution < -0.4 is 11.2 Å². The van der Waals surface area contributed by atoms with Crippen LogP contribution in [0.1, 0.15) is 5.56 Å². The molecular weight excluding hydrogens is 250 g/mol. The van der Waals surface area contributed by atoms with Crippen molar-refractivity contribution >= 4 is 22.9 Å². The number of amidine groups is 1. The van der Waals surface area contributed by atoms with Crippen molar-refractivity contribution in [1.82, 2.24) is 0 Å². The summed E-state index contributed by atoms with van der Waals surface area (Å²) in [5.74, 6) is 0.312. The number of anilines is 1. The normalized spacial score (nSPS) is 15.9. The van der Waals surface area contributed by atoms with Crippen LogP contribution in [0.2, 0.25) is 0 Å². The van der Waals surface area contributed by atoms with E-state index in [9.17, 15) is 0 Å². The van der Waals surface area contributed by atoms with Gasteiger partial charge in [-0.2, -0.15) is 5.10 Å². The quantitative estimate of drug-likeness (QED) is 0.833. The summed E-state index contributed by atoms with van der Waals surface area (Å²) in [4.78, 5) is 0. The van der Waals surface area contributed by atoms with E-state index in [0.29, 0.717) is 17.3 Å². The molecule has 0 radical (unpaired) electrons. The van der Waals surface area contributed by atoms with Gasteiger partial charge in [0.1, 0.15) is 5.71 Å². The summed E-state index contributed by atoms with van der Waals surface area (Å²) in [6.45, 7) is 0. The summed E-state index contributed by atoms with van der Waals surface area (Å²) in [5, 5.41) is 12.3. The predicted molar refractivity (Wildman–Crippen MR) is 82.1 cm³/mol. The summed E-state index contributed by atoms with van der Waals surface area (Å²) < 4.78 is 0. The summed E-state index contributed by atoms with van der Waals surface area (Å²) >= 11 is 0. The Morgan fingerprint density at radius 2 is 1.50 bits per heavy atom. The van der Waals surface area contributed by atoms with E-state index in [-0.39, 0.29) is 0 Å². The van der Waals surface area contributed by atoms with Crippen LogP contribution in [-0.4, -0.2) is 17.3 Å². The standard InChI is InChI=1S/C15H13N5/c16-15-14(19-17-12-9-5-2-6-10-12)13(18-20-15)11-7-3-1-4-8-11/h1-10,17H,(H2,16,19,20). The highest BCUT2D eigenvalue weighted by Gasteiger charge is 2.21. The lowest BCUT2D eigenvalue weighted by Gasteiger charge is -2.04. The number of nitrogens with zero attached hydrogens (tertiary/aromatic N) is 3. The Morgan fingerprint density at radius 3 is 2.20 bits per heavy atom. The van der Waals surface area contributed by atoms with Gasteiger partial charge >= 0.3 is 0 Å².